The van der Waals surface area contributed by atoms with Gasteiger partial charge in [0, 0.05) is 17.8 Å². The number of rotatable bonds is 3. The Balaban J connectivity index is 2.40. The highest BCUT2D eigenvalue weighted by molar-refractivity contribution is 5.54. The number of hydrogen-bond donors (Lipinski definition) is 1. The number of nitrogens with zero attached hydrogens (tertiary/aromatic N) is 2. The molecule has 0 aliphatic heterocycles. The van der Waals surface area contributed by atoms with Gasteiger partial charge in [-0.3, -0.25) is 10.1 Å². The molecule has 0 amide bonds. The molecule has 19 heavy (non-hydrogen) atoms. The number of nitro groups is 1. The van der Waals surface area contributed by atoms with Gasteiger partial charge < -0.3 is 10.5 Å². The van der Waals surface area contributed by atoms with E-state index in [9.17, 15) is 10.1 Å². The first-order chi connectivity index (χ1) is 9.10. The molecule has 0 bridgehead atoms. The second-order valence-electron chi connectivity index (χ2n) is 3.73. The number of nitriles is 1. The summed E-state index contributed by atoms with van der Waals surface area (Å²) in [6.07, 6.45) is 0. The van der Waals surface area contributed by atoms with Crippen molar-refractivity contribution in [3.05, 3.63) is 58.1 Å². The molecular formula is C13H9N3O3. The van der Waals surface area contributed by atoms with E-state index in [0.29, 0.717) is 11.4 Å². The summed E-state index contributed by atoms with van der Waals surface area (Å²) in [5, 5.41) is 19.7. The molecule has 0 unspecified atom stereocenters. The fourth-order valence-corrected chi connectivity index (χ4v) is 1.52. The predicted molar refractivity (Wildman–Crippen MR) is 68.7 cm³/mol. The molecule has 0 aliphatic carbocycles. The molecule has 0 aliphatic rings. The van der Waals surface area contributed by atoms with Gasteiger partial charge in [0.05, 0.1) is 16.6 Å². The van der Waals surface area contributed by atoms with Crippen LogP contribution in [0.4, 0.5) is 11.4 Å². The zero-order chi connectivity index (χ0) is 13.8. The minimum Gasteiger partial charge on any atom is -0.450 e. The molecule has 6 nitrogen and oxygen atoms in total. The van der Waals surface area contributed by atoms with Crippen molar-refractivity contribution >= 4 is 11.4 Å². The molecule has 0 fully saturated rings. The van der Waals surface area contributed by atoms with Crippen molar-refractivity contribution in [1.29, 1.82) is 5.26 Å². The van der Waals surface area contributed by atoms with E-state index in [2.05, 4.69) is 0 Å². The average molecular weight is 255 g/mol. The normalized spacial score (nSPS) is 9.63. The number of nitrogen functional groups attached to an aromatic ring is 1. The average Bonchev–Trinajstić information content (AvgIpc) is 2.39. The van der Waals surface area contributed by atoms with Crippen molar-refractivity contribution < 1.29 is 9.66 Å². The number of hydrogen-bond acceptors (Lipinski definition) is 5. The standard InChI is InChI=1S/C13H9N3O3/c14-8-9-4-5-13(12(6-9)16(17)18)19-11-3-1-2-10(15)7-11/h1-7H,15H2. The van der Waals surface area contributed by atoms with Crippen LogP contribution in [-0.2, 0) is 0 Å². The van der Waals surface area contributed by atoms with E-state index in [1.54, 1.807) is 24.3 Å². The summed E-state index contributed by atoms with van der Waals surface area (Å²) in [7, 11) is 0. The second-order valence-corrected chi connectivity index (χ2v) is 3.73. The summed E-state index contributed by atoms with van der Waals surface area (Å²) in [4.78, 5) is 10.3. The van der Waals surface area contributed by atoms with Crippen molar-refractivity contribution in [3.63, 3.8) is 0 Å². The first-order valence-electron chi connectivity index (χ1n) is 5.32. The molecule has 2 aromatic rings. The van der Waals surface area contributed by atoms with E-state index in [1.165, 1.54) is 18.2 Å². The van der Waals surface area contributed by atoms with Gasteiger partial charge in [0.15, 0.2) is 0 Å². The van der Waals surface area contributed by atoms with E-state index in [-0.39, 0.29) is 17.0 Å². The van der Waals surface area contributed by atoms with Crippen LogP contribution in [0.5, 0.6) is 11.5 Å². The molecule has 0 saturated carbocycles. The van der Waals surface area contributed by atoms with Crippen molar-refractivity contribution in [2.24, 2.45) is 0 Å². The van der Waals surface area contributed by atoms with Crippen LogP contribution in [0.15, 0.2) is 42.5 Å². The molecule has 2 aromatic carbocycles. The van der Waals surface area contributed by atoms with Gasteiger partial charge in [0.2, 0.25) is 5.75 Å². The van der Waals surface area contributed by atoms with Crippen LogP contribution in [0.25, 0.3) is 0 Å². The topological polar surface area (TPSA) is 102 Å². The fraction of sp³-hybridized carbons (Fsp3) is 0. The van der Waals surface area contributed by atoms with Gasteiger partial charge in [-0.1, -0.05) is 6.07 Å². The van der Waals surface area contributed by atoms with Crippen molar-refractivity contribution in [1.82, 2.24) is 0 Å². The molecule has 0 atom stereocenters. The van der Waals surface area contributed by atoms with Crippen LogP contribution in [0.1, 0.15) is 5.56 Å². The quantitative estimate of drug-likeness (QED) is 0.516. The molecule has 0 saturated heterocycles. The lowest BCUT2D eigenvalue weighted by molar-refractivity contribution is -0.385. The molecule has 94 valence electrons. The van der Waals surface area contributed by atoms with Gasteiger partial charge in [-0.15, -0.1) is 0 Å². The molecule has 0 radical (unpaired) electrons. The lowest BCUT2D eigenvalue weighted by atomic mass is 10.2. The largest absolute Gasteiger partial charge is 0.450 e. The third kappa shape index (κ3) is 2.79. The molecule has 6 heteroatoms. The van der Waals surface area contributed by atoms with Crippen LogP contribution in [0, 0.1) is 21.4 Å². The maximum absolute atomic E-state index is 10.9. The third-order valence-corrected chi connectivity index (χ3v) is 2.37. The molecule has 0 aromatic heterocycles. The number of anilines is 1. The Morgan fingerprint density at radius 1 is 1.26 bits per heavy atom. The highest BCUT2D eigenvalue weighted by Crippen LogP contribution is 2.32. The lowest BCUT2D eigenvalue weighted by Crippen LogP contribution is -1.95. The lowest BCUT2D eigenvalue weighted by Gasteiger charge is -2.06. The monoisotopic (exact) mass is 255 g/mol. The summed E-state index contributed by atoms with van der Waals surface area (Å²) >= 11 is 0. The van der Waals surface area contributed by atoms with Crippen molar-refractivity contribution in [2.75, 3.05) is 5.73 Å². The van der Waals surface area contributed by atoms with E-state index >= 15 is 0 Å². The van der Waals surface area contributed by atoms with Gasteiger partial charge in [-0.25, -0.2) is 0 Å². The van der Waals surface area contributed by atoms with Gasteiger partial charge >= 0.3 is 5.69 Å². The second kappa shape index (κ2) is 5.06. The Kier molecular flexibility index (Phi) is 3.30. The van der Waals surface area contributed by atoms with E-state index in [1.807, 2.05) is 6.07 Å². The van der Waals surface area contributed by atoms with Gasteiger partial charge in [-0.2, -0.15) is 5.26 Å². The van der Waals surface area contributed by atoms with Crippen LogP contribution in [0.3, 0.4) is 0 Å². The molecule has 0 heterocycles. The number of ether oxygens (including phenoxy) is 1. The maximum atomic E-state index is 10.9. The zero-order valence-electron chi connectivity index (χ0n) is 9.74. The summed E-state index contributed by atoms with van der Waals surface area (Å²) in [6.45, 7) is 0. The SMILES string of the molecule is N#Cc1ccc(Oc2cccc(N)c2)c([N+](=O)[O-])c1. The van der Waals surface area contributed by atoms with E-state index < -0.39 is 4.92 Å². The molecular weight excluding hydrogens is 246 g/mol. The summed E-state index contributed by atoms with van der Waals surface area (Å²) in [5.74, 6) is 0.461. The molecule has 2 rings (SSSR count). The van der Waals surface area contributed by atoms with Crippen molar-refractivity contribution in [2.45, 2.75) is 0 Å². The Morgan fingerprint density at radius 3 is 2.68 bits per heavy atom. The number of benzene rings is 2. The summed E-state index contributed by atoms with van der Waals surface area (Å²) < 4.78 is 5.42. The van der Waals surface area contributed by atoms with Crippen LogP contribution in [-0.4, -0.2) is 4.92 Å². The highest BCUT2D eigenvalue weighted by atomic mass is 16.6. The number of nitro benzene ring substituents is 1. The van der Waals surface area contributed by atoms with Gasteiger partial charge in [-0.05, 0) is 24.3 Å². The first-order valence-corrected chi connectivity index (χ1v) is 5.32. The third-order valence-electron chi connectivity index (χ3n) is 2.37. The predicted octanol–water partition coefficient (Wildman–Crippen LogP) is 2.84. The van der Waals surface area contributed by atoms with Crippen LogP contribution < -0.4 is 10.5 Å². The Labute approximate surface area is 108 Å². The number of nitrogens with two attached hydrogens (primary N) is 1. The van der Waals surface area contributed by atoms with Crippen LogP contribution >= 0.6 is 0 Å². The minimum atomic E-state index is -0.595. The van der Waals surface area contributed by atoms with E-state index in [4.69, 9.17) is 15.7 Å². The van der Waals surface area contributed by atoms with Gasteiger partial charge in [0.1, 0.15) is 5.75 Å². The van der Waals surface area contributed by atoms with Crippen LogP contribution in [0.2, 0.25) is 0 Å². The highest BCUT2D eigenvalue weighted by Gasteiger charge is 2.16. The Hall–Kier alpha value is -3.07. The van der Waals surface area contributed by atoms with Crippen molar-refractivity contribution in [3.8, 4) is 17.6 Å². The molecule has 2 N–H and O–H groups in total. The zero-order valence-corrected chi connectivity index (χ0v) is 9.74. The fourth-order valence-electron chi connectivity index (χ4n) is 1.52. The maximum Gasteiger partial charge on any atom is 0.312 e. The first kappa shape index (κ1) is 12.4. The minimum absolute atomic E-state index is 0.0644. The Morgan fingerprint density at radius 2 is 2.05 bits per heavy atom. The Bertz CT molecular complexity index is 677. The van der Waals surface area contributed by atoms with Gasteiger partial charge in [0.25, 0.3) is 0 Å². The smallest absolute Gasteiger partial charge is 0.312 e. The summed E-state index contributed by atoms with van der Waals surface area (Å²) in [6, 6.07) is 12.4. The molecule has 0 spiro atoms. The summed E-state index contributed by atoms with van der Waals surface area (Å²) in [5.41, 5.74) is 6.03. The van der Waals surface area contributed by atoms with E-state index in [0.717, 1.165) is 0 Å².